The maximum Gasteiger partial charge on any atom is 0.338 e. The lowest BCUT2D eigenvalue weighted by molar-refractivity contribution is -0.164. The van der Waals surface area contributed by atoms with Crippen molar-refractivity contribution in [1.82, 2.24) is 0 Å². The quantitative estimate of drug-likeness (QED) is 0.273. The Morgan fingerprint density at radius 2 is 1.44 bits per heavy atom. The molecule has 0 aliphatic heterocycles. The van der Waals surface area contributed by atoms with Crippen LogP contribution < -0.4 is 4.74 Å². The minimum atomic E-state index is -0.647. The Bertz CT molecular complexity index is 825. The standard InChI is InChI=1S/C26H38O10/c1-17-6-11-22(23(12-17)25(28)33-5)26(29)36-16-21(32-4)15-35-24(27)18-7-9-19(10-8-18)34-14-20(31-3)13-30-2/h7-10,17,20-23H,6,11-16H2,1-5H3. The van der Waals surface area contributed by atoms with Crippen LogP contribution in [0.5, 0.6) is 5.75 Å². The predicted molar refractivity (Wildman–Crippen MR) is 129 cm³/mol. The summed E-state index contributed by atoms with van der Waals surface area (Å²) >= 11 is 0. The molecule has 0 radical (unpaired) electrons. The van der Waals surface area contributed by atoms with Gasteiger partial charge in [-0.3, -0.25) is 9.59 Å². The van der Waals surface area contributed by atoms with Gasteiger partial charge in [0.1, 0.15) is 37.8 Å². The van der Waals surface area contributed by atoms with Crippen molar-refractivity contribution in [3.05, 3.63) is 29.8 Å². The van der Waals surface area contributed by atoms with Gasteiger partial charge in [-0.2, -0.15) is 0 Å². The zero-order valence-electron chi connectivity index (χ0n) is 21.7. The summed E-state index contributed by atoms with van der Waals surface area (Å²) in [5.74, 6) is -1.57. The molecule has 0 N–H and O–H groups in total. The van der Waals surface area contributed by atoms with E-state index in [-0.39, 0.29) is 19.3 Å². The second-order valence-electron chi connectivity index (χ2n) is 8.89. The largest absolute Gasteiger partial charge is 0.491 e. The molecule has 202 valence electrons. The predicted octanol–water partition coefficient (Wildman–Crippen LogP) is 2.67. The number of methoxy groups -OCH3 is 4. The molecule has 36 heavy (non-hydrogen) atoms. The molecule has 1 fully saturated rings. The van der Waals surface area contributed by atoms with Gasteiger partial charge in [-0.25, -0.2) is 4.79 Å². The van der Waals surface area contributed by atoms with Crippen LogP contribution >= 0.6 is 0 Å². The summed E-state index contributed by atoms with van der Waals surface area (Å²) in [4.78, 5) is 37.2. The highest BCUT2D eigenvalue weighted by molar-refractivity contribution is 5.89. The number of rotatable bonds is 14. The van der Waals surface area contributed by atoms with Crippen LogP contribution in [-0.2, 0) is 38.0 Å². The highest BCUT2D eigenvalue weighted by Gasteiger charge is 2.40. The molecular formula is C26H38O10. The van der Waals surface area contributed by atoms with Crippen LogP contribution in [0.3, 0.4) is 0 Å². The van der Waals surface area contributed by atoms with Gasteiger partial charge in [0, 0.05) is 21.3 Å². The number of benzene rings is 1. The summed E-state index contributed by atoms with van der Waals surface area (Å²) in [7, 11) is 5.92. The summed E-state index contributed by atoms with van der Waals surface area (Å²) in [5, 5.41) is 0. The van der Waals surface area contributed by atoms with Gasteiger partial charge in [0.15, 0.2) is 0 Å². The van der Waals surface area contributed by atoms with Crippen LogP contribution in [0, 0.1) is 17.8 Å². The van der Waals surface area contributed by atoms with E-state index in [1.165, 1.54) is 14.2 Å². The number of ether oxygens (including phenoxy) is 7. The zero-order valence-corrected chi connectivity index (χ0v) is 21.7. The lowest BCUT2D eigenvalue weighted by Crippen LogP contribution is -2.38. The van der Waals surface area contributed by atoms with Crippen LogP contribution in [-0.4, -0.2) is 85.0 Å². The zero-order chi connectivity index (χ0) is 26.5. The fourth-order valence-electron chi connectivity index (χ4n) is 4.04. The second-order valence-corrected chi connectivity index (χ2v) is 8.89. The van der Waals surface area contributed by atoms with Crippen molar-refractivity contribution < 1.29 is 47.5 Å². The number of esters is 3. The molecule has 1 aliphatic rings. The van der Waals surface area contributed by atoms with E-state index in [1.54, 1.807) is 38.5 Å². The fourth-order valence-corrected chi connectivity index (χ4v) is 4.04. The van der Waals surface area contributed by atoms with E-state index in [4.69, 9.17) is 33.2 Å². The minimum Gasteiger partial charge on any atom is -0.491 e. The number of carbonyl (C=O) groups is 3. The number of carbonyl (C=O) groups excluding carboxylic acids is 3. The summed E-state index contributed by atoms with van der Waals surface area (Å²) in [6.07, 6.45) is 1.13. The van der Waals surface area contributed by atoms with Gasteiger partial charge in [-0.1, -0.05) is 6.92 Å². The third kappa shape index (κ3) is 9.07. The fraction of sp³-hybridized carbons (Fsp3) is 0.654. The molecule has 0 bridgehead atoms. The number of hydrogen-bond acceptors (Lipinski definition) is 10. The Kier molecular flexibility index (Phi) is 12.7. The topological polar surface area (TPSA) is 116 Å². The SMILES string of the molecule is COCC(COc1ccc(C(=O)OCC(COC(=O)C2CCC(C)CC2C(=O)OC)OC)cc1)OC. The van der Waals surface area contributed by atoms with Crippen molar-refractivity contribution in [2.24, 2.45) is 17.8 Å². The van der Waals surface area contributed by atoms with Crippen molar-refractivity contribution >= 4 is 17.9 Å². The lowest BCUT2D eigenvalue weighted by Gasteiger charge is -2.31. The molecule has 0 spiro atoms. The summed E-state index contributed by atoms with van der Waals surface area (Å²) in [5.41, 5.74) is 0.339. The highest BCUT2D eigenvalue weighted by Crippen LogP contribution is 2.35. The van der Waals surface area contributed by atoms with Gasteiger partial charge in [-0.15, -0.1) is 0 Å². The molecule has 5 unspecified atom stereocenters. The molecule has 0 amide bonds. The maximum atomic E-state index is 12.7. The molecule has 5 atom stereocenters. The average molecular weight is 511 g/mol. The molecule has 0 saturated heterocycles. The van der Waals surface area contributed by atoms with Crippen molar-refractivity contribution in [3.63, 3.8) is 0 Å². The van der Waals surface area contributed by atoms with Gasteiger partial charge in [0.05, 0.1) is 31.1 Å². The Balaban J connectivity index is 1.81. The minimum absolute atomic E-state index is 0.0997. The monoisotopic (exact) mass is 510 g/mol. The first-order valence-electron chi connectivity index (χ1n) is 12.0. The van der Waals surface area contributed by atoms with Crippen molar-refractivity contribution in [3.8, 4) is 5.75 Å². The van der Waals surface area contributed by atoms with Crippen molar-refractivity contribution in [2.45, 2.75) is 38.4 Å². The van der Waals surface area contributed by atoms with E-state index >= 15 is 0 Å². The van der Waals surface area contributed by atoms with Gasteiger partial charge in [0.25, 0.3) is 0 Å². The molecule has 10 heteroatoms. The smallest absolute Gasteiger partial charge is 0.338 e. The Morgan fingerprint density at radius 3 is 2.06 bits per heavy atom. The lowest BCUT2D eigenvalue weighted by atomic mass is 9.74. The van der Waals surface area contributed by atoms with Gasteiger partial charge in [0.2, 0.25) is 0 Å². The highest BCUT2D eigenvalue weighted by atomic mass is 16.6. The molecule has 1 saturated carbocycles. The Labute approximate surface area is 212 Å². The molecule has 10 nitrogen and oxygen atoms in total. The van der Waals surface area contributed by atoms with Crippen LogP contribution in [0.25, 0.3) is 0 Å². The average Bonchev–Trinajstić information content (AvgIpc) is 2.90. The first-order chi connectivity index (χ1) is 17.3. The molecular weight excluding hydrogens is 472 g/mol. The molecule has 0 heterocycles. The normalized spacial score (nSPS) is 21.2. The van der Waals surface area contributed by atoms with Crippen LogP contribution in [0.2, 0.25) is 0 Å². The van der Waals surface area contributed by atoms with E-state index in [0.29, 0.717) is 43.3 Å². The third-order valence-corrected chi connectivity index (χ3v) is 6.28. The van der Waals surface area contributed by atoms with E-state index in [9.17, 15) is 14.4 Å². The van der Waals surface area contributed by atoms with Crippen molar-refractivity contribution in [2.75, 3.05) is 54.9 Å². The van der Waals surface area contributed by atoms with Crippen LogP contribution in [0.15, 0.2) is 24.3 Å². The Morgan fingerprint density at radius 1 is 0.806 bits per heavy atom. The second kappa shape index (κ2) is 15.4. The maximum absolute atomic E-state index is 12.7. The molecule has 0 aromatic heterocycles. The van der Waals surface area contributed by atoms with E-state index < -0.39 is 35.8 Å². The first-order valence-corrected chi connectivity index (χ1v) is 12.0. The third-order valence-electron chi connectivity index (χ3n) is 6.28. The van der Waals surface area contributed by atoms with Gasteiger partial charge in [-0.05, 0) is 49.4 Å². The Hall–Kier alpha value is -2.69. The summed E-state index contributed by atoms with van der Waals surface area (Å²) in [6, 6.07) is 6.51. The van der Waals surface area contributed by atoms with Crippen LogP contribution in [0.4, 0.5) is 0 Å². The number of hydrogen-bond donors (Lipinski definition) is 0. The van der Waals surface area contributed by atoms with Gasteiger partial charge < -0.3 is 33.2 Å². The molecule has 2 rings (SSSR count). The first kappa shape index (κ1) is 29.5. The summed E-state index contributed by atoms with van der Waals surface area (Å²) < 4.78 is 36.9. The van der Waals surface area contributed by atoms with Crippen molar-refractivity contribution in [1.29, 1.82) is 0 Å². The molecule has 1 aromatic carbocycles. The van der Waals surface area contributed by atoms with Crippen LogP contribution in [0.1, 0.15) is 36.5 Å². The van der Waals surface area contributed by atoms with E-state index in [0.717, 1.165) is 6.42 Å². The van der Waals surface area contributed by atoms with E-state index in [2.05, 4.69) is 0 Å². The molecule has 1 aliphatic carbocycles. The van der Waals surface area contributed by atoms with E-state index in [1.807, 2.05) is 6.92 Å². The molecule has 1 aromatic rings. The summed E-state index contributed by atoms with van der Waals surface area (Å²) in [6.45, 7) is 2.56. The van der Waals surface area contributed by atoms with Gasteiger partial charge >= 0.3 is 17.9 Å².